The number of likely N-dealkylation sites (tertiary alicyclic amines) is 1. The van der Waals surface area contributed by atoms with Crippen molar-refractivity contribution in [1.82, 2.24) is 9.88 Å². The number of fused-ring (bicyclic) bond motifs is 1. The highest BCUT2D eigenvalue weighted by atomic mass is 16.7. The van der Waals surface area contributed by atoms with Crippen molar-refractivity contribution < 1.29 is 14.4 Å². The highest BCUT2D eigenvalue weighted by Gasteiger charge is 2.60. The molecule has 29 heavy (non-hydrogen) atoms. The second-order valence-electron chi connectivity index (χ2n) is 7.16. The number of anilines is 1. The first-order valence-corrected chi connectivity index (χ1v) is 9.55. The molecule has 2 aromatic carbocycles. The van der Waals surface area contributed by atoms with Gasteiger partial charge in [-0.3, -0.25) is 24.3 Å². The summed E-state index contributed by atoms with van der Waals surface area (Å²) in [7, 11) is 0. The SMILES string of the molecule is O=C1[C@@H]2[C@@H](c3ccccn3)N(c3ccccc3)O[C@H]2C(=O)N1Cc1ccccc1. The van der Waals surface area contributed by atoms with Crippen LogP contribution in [0.3, 0.4) is 0 Å². The quantitative estimate of drug-likeness (QED) is 0.646. The van der Waals surface area contributed by atoms with Gasteiger partial charge in [0, 0.05) is 6.20 Å². The number of amides is 2. The molecule has 5 rings (SSSR count). The number of rotatable bonds is 4. The second kappa shape index (κ2) is 7.14. The van der Waals surface area contributed by atoms with Crippen molar-refractivity contribution in [2.45, 2.75) is 18.7 Å². The fraction of sp³-hybridized carbons (Fsp3) is 0.174. The van der Waals surface area contributed by atoms with Gasteiger partial charge in [0.15, 0.2) is 6.10 Å². The minimum atomic E-state index is -0.849. The third-order valence-corrected chi connectivity index (χ3v) is 5.39. The van der Waals surface area contributed by atoms with Crippen LogP contribution in [-0.2, 0) is 21.0 Å². The van der Waals surface area contributed by atoms with Crippen LogP contribution in [0.15, 0.2) is 85.1 Å². The van der Waals surface area contributed by atoms with Gasteiger partial charge in [-0.1, -0.05) is 54.6 Å². The number of hydrogen-bond acceptors (Lipinski definition) is 5. The molecule has 1 aromatic heterocycles. The van der Waals surface area contributed by atoms with Crippen LogP contribution in [0.4, 0.5) is 5.69 Å². The average Bonchev–Trinajstić information content (AvgIpc) is 3.28. The molecule has 3 aromatic rings. The summed E-state index contributed by atoms with van der Waals surface area (Å²) in [6, 6.07) is 24.1. The van der Waals surface area contributed by atoms with Gasteiger partial charge in [0.25, 0.3) is 5.91 Å². The molecule has 0 unspecified atom stereocenters. The Balaban J connectivity index is 1.52. The number of nitrogens with zero attached hydrogens (tertiary/aromatic N) is 3. The zero-order valence-electron chi connectivity index (χ0n) is 15.6. The normalized spacial score (nSPS) is 23.5. The molecule has 144 valence electrons. The van der Waals surface area contributed by atoms with Gasteiger partial charge in [0.05, 0.1) is 17.9 Å². The van der Waals surface area contributed by atoms with Crippen LogP contribution < -0.4 is 5.06 Å². The van der Waals surface area contributed by atoms with Crippen LogP contribution in [-0.4, -0.2) is 27.8 Å². The monoisotopic (exact) mass is 385 g/mol. The summed E-state index contributed by atoms with van der Waals surface area (Å²) in [6.07, 6.45) is 0.841. The van der Waals surface area contributed by atoms with Crippen molar-refractivity contribution in [3.05, 3.63) is 96.3 Å². The van der Waals surface area contributed by atoms with Gasteiger partial charge < -0.3 is 0 Å². The molecule has 2 aliphatic heterocycles. The van der Waals surface area contributed by atoms with Crippen LogP contribution in [0.25, 0.3) is 0 Å². The lowest BCUT2D eigenvalue weighted by atomic mass is 9.93. The van der Waals surface area contributed by atoms with Gasteiger partial charge in [-0.2, -0.15) is 0 Å². The smallest absolute Gasteiger partial charge is 0.262 e. The van der Waals surface area contributed by atoms with Crippen LogP contribution in [0.5, 0.6) is 0 Å². The van der Waals surface area contributed by atoms with E-state index in [1.807, 2.05) is 78.9 Å². The number of para-hydroxylation sites is 1. The molecule has 2 aliphatic rings. The minimum Gasteiger partial charge on any atom is -0.275 e. The summed E-state index contributed by atoms with van der Waals surface area (Å²) >= 11 is 0. The molecule has 6 heteroatoms. The molecule has 0 saturated carbocycles. The van der Waals surface area contributed by atoms with E-state index in [0.717, 1.165) is 11.3 Å². The molecule has 6 nitrogen and oxygen atoms in total. The molecule has 0 radical (unpaired) electrons. The van der Waals surface area contributed by atoms with Crippen LogP contribution in [0.2, 0.25) is 0 Å². The first kappa shape index (κ1) is 17.6. The van der Waals surface area contributed by atoms with E-state index in [2.05, 4.69) is 4.98 Å². The highest BCUT2D eigenvalue weighted by Crippen LogP contribution is 2.46. The summed E-state index contributed by atoms with van der Waals surface area (Å²) in [6.45, 7) is 0.245. The molecule has 2 amide bonds. The first-order valence-electron chi connectivity index (χ1n) is 9.55. The molecule has 0 spiro atoms. The van der Waals surface area contributed by atoms with Gasteiger partial charge in [0.1, 0.15) is 12.0 Å². The summed E-state index contributed by atoms with van der Waals surface area (Å²) in [5, 5.41) is 1.66. The topological polar surface area (TPSA) is 62.7 Å². The molecule has 0 N–H and O–H groups in total. The van der Waals surface area contributed by atoms with E-state index < -0.39 is 18.1 Å². The maximum absolute atomic E-state index is 13.3. The van der Waals surface area contributed by atoms with Crippen molar-refractivity contribution in [2.24, 2.45) is 5.92 Å². The number of carbonyl (C=O) groups is 2. The Hall–Kier alpha value is -3.51. The predicted molar refractivity (Wildman–Crippen MR) is 106 cm³/mol. The van der Waals surface area contributed by atoms with Crippen LogP contribution >= 0.6 is 0 Å². The van der Waals surface area contributed by atoms with E-state index in [1.54, 1.807) is 11.3 Å². The summed E-state index contributed by atoms with van der Waals surface area (Å²) in [5.74, 6) is -1.16. The molecule has 3 atom stereocenters. The van der Waals surface area contributed by atoms with E-state index in [1.165, 1.54) is 4.90 Å². The number of imide groups is 1. The number of benzene rings is 2. The lowest BCUT2D eigenvalue weighted by Gasteiger charge is -2.28. The van der Waals surface area contributed by atoms with Crippen LogP contribution in [0.1, 0.15) is 17.3 Å². The summed E-state index contributed by atoms with van der Waals surface area (Å²) in [5.41, 5.74) is 2.39. The fourth-order valence-electron chi connectivity index (χ4n) is 4.04. The minimum absolute atomic E-state index is 0.224. The number of aromatic nitrogens is 1. The Labute approximate surface area is 168 Å². The second-order valence-corrected chi connectivity index (χ2v) is 7.16. The zero-order chi connectivity index (χ0) is 19.8. The Bertz CT molecular complexity index is 1030. The van der Waals surface area contributed by atoms with Crippen molar-refractivity contribution >= 4 is 17.5 Å². The molecule has 2 saturated heterocycles. The van der Waals surface area contributed by atoms with Crippen molar-refractivity contribution in [3.8, 4) is 0 Å². The third kappa shape index (κ3) is 2.98. The Kier molecular flexibility index (Phi) is 4.33. The zero-order valence-corrected chi connectivity index (χ0v) is 15.6. The lowest BCUT2D eigenvalue weighted by Crippen LogP contribution is -2.37. The maximum Gasteiger partial charge on any atom is 0.262 e. The van der Waals surface area contributed by atoms with Gasteiger partial charge in [0.2, 0.25) is 5.91 Å². The molecular weight excluding hydrogens is 366 g/mol. The van der Waals surface area contributed by atoms with Gasteiger partial charge in [-0.15, -0.1) is 0 Å². The number of hydrogen-bond donors (Lipinski definition) is 0. The van der Waals surface area contributed by atoms with E-state index in [-0.39, 0.29) is 18.4 Å². The number of hydroxylamine groups is 1. The van der Waals surface area contributed by atoms with E-state index in [4.69, 9.17) is 4.84 Å². The summed E-state index contributed by atoms with van der Waals surface area (Å²) in [4.78, 5) is 38.3. The van der Waals surface area contributed by atoms with E-state index in [0.29, 0.717) is 5.69 Å². The number of pyridine rings is 1. The summed E-state index contributed by atoms with van der Waals surface area (Å²) < 4.78 is 0. The van der Waals surface area contributed by atoms with E-state index in [9.17, 15) is 9.59 Å². The molecular formula is C23H19N3O3. The van der Waals surface area contributed by atoms with Crippen molar-refractivity contribution in [1.29, 1.82) is 0 Å². The molecule has 2 fully saturated rings. The number of carbonyl (C=O) groups excluding carboxylic acids is 2. The first-order chi connectivity index (χ1) is 14.2. The average molecular weight is 385 g/mol. The van der Waals surface area contributed by atoms with E-state index >= 15 is 0 Å². The van der Waals surface area contributed by atoms with Gasteiger partial charge >= 0.3 is 0 Å². The van der Waals surface area contributed by atoms with Crippen molar-refractivity contribution in [3.63, 3.8) is 0 Å². The predicted octanol–water partition coefficient (Wildman–Crippen LogP) is 3.13. The van der Waals surface area contributed by atoms with Crippen molar-refractivity contribution in [2.75, 3.05) is 5.06 Å². The lowest BCUT2D eigenvalue weighted by molar-refractivity contribution is -0.143. The molecule has 0 aliphatic carbocycles. The molecule has 0 bridgehead atoms. The van der Waals surface area contributed by atoms with Gasteiger partial charge in [-0.05, 0) is 29.8 Å². The Morgan fingerprint density at radius 3 is 2.21 bits per heavy atom. The third-order valence-electron chi connectivity index (χ3n) is 5.39. The standard InChI is InChI=1S/C23H19N3O3/c27-22-19-20(18-13-7-8-14-24-18)26(17-11-5-2-6-12-17)29-21(19)23(28)25(22)15-16-9-3-1-4-10-16/h1-14,19-21H,15H2/t19-,20-,21-/m1/s1. The Morgan fingerprint density at radius 1 is 0.828 bits per heavy atom. The molecule has 3 heterocycles. The Morgan fingerprint density at radius 2 is 1.52 bits per heavy atom. The van der Waals surface area contributed by atoms with Crippen LogP contribution in [0, 0.1) is 5.92 Å². The fourth-order valence-corrected chi connectivity index (χ4v) is 4.04. The highest BCUT2D eigenvalue weighted by molar-refractivity contribution is 6.07. The maximum atomic E-state index is 13.3. The largest absolute Gasteiger partial charge is 0.275 e. The van der Waals surface area contributed by atoms with Gasteiger partial charge in [-0.25, -0.2) is 5.06 Å².